The lowest BCUT2D eigenvalue weighted by Crippen LogP contribution is -2.17. The van der Waals surface area contributed by atoms with Gasteiger partial charge in [0.1, 0.15) is 11.4 Å². The summed E-state index contributed by atoms with van der Waals surface area (Å²) in [5.74, 6) is 6.65. The lowest BCUT2D eigenvalue weighted by molar-refractivity contribution is 0.100. The molecule has 0 spiro atoms. The molecule has 0 radical (unpaired) electrons. The normalized spacial score (nSPS) is 11.6. The zero-order valence-electron chi connectivity index (χ0n) is 22.5. The number of nitrogens with one attached hydrogen (secondary N) is 1. The smallest absolute Gasteiger partial charge is 0.256 e. The van der Waals surface area contributed by atoms with Gasteiger partial charge in [-0.25, -0.2) is 4.68 Å². The number of anilines is 2. The molecule has 5 aromatic rings. The predicted molar refractivity (Wildman–Crippen MR) is 157 cm³/mol. The van der Waals surface area contributed by atoms with Crippen molar-refractivity contribution >= 4 is 34.6 Å². The molecule has 10 heteroatoms. The van der Waals surface area contributed by atoms with Crippen LogP contribution in [-0.2, 0) is 13.5 Å². The van der Waals surface area contributed by atoms with Gasteiger partial charge in [0, 0.05) is 25.2 Å². The van der Waals surface area contributed by atoms with E-state index >= 15 is 0 Å². The Balaban J connectivity index is 0.000000207. The first-order chi connectivity index (χ1) is 19.4. The van der Waals surface area contributed by atoms with Gasteiger partial charge < -0.3 is 16.8 Å². The molecule has 3 aromatic heterocycles. The average molecular weight is 532 g/mol. The molecule has 0 fully saturated rings. The number of aromatic nitrogens is 6. The van der Waals surface area contributed by atoms with Gasteiger partial charge >= 0.3 is 0 Å². The molecule has 0 bridgehead atoms. The average Bonchev–Trinajstić information content (AvgIpc) is 3.49. The van der Waals surface area contributed by atoms with Gasteiger partial charge in [-0.3, -0.25) is 9.48 Å². The van der Waals surface area contributed by atoms with Crippen molar-refractivity contribution < 1.29 is 4.79 Å². The highest BCUT2D eigenvalue weighted by atomic mass is 16.1. The number of carbonyl (C=O) groups is 1. The van der Waals surface area contributed by atoms with Crippen molar-refractivity contribution in [3.8, 4) is 23.0 Å². The van der Waals surface area contributed by atoms with Crippen molar-refractivity contribution in [3.63, 3.8) is 0 Å². The van der Waals surface area contributed by atoms with E-state index in [-0.39, 0.29) is 11.4 Å². The summed E-state index contributed by atoms with van der Waals surface area (Å²) in [5, 5.41) is 20.6. The van der Waals surface area contributed by atoms with E-state index < -0.39 is 5.91 Å². The van der Waals surface area contributed by atoms with Crippen LogP contribution < -0.4 is 16.8 Å². The number of hydrogen-bond acceptors (Lipinski definition) is 7. The minimum Gasteiger partial charge on any atom is -0.381 e. The van der Waals surface area contributed by atoms with Crippen LogP contribution in [0.1, 0.15) is 39.7 Å². The lowest BCUT2D eigenvalue weighted by atomic mass is 9.95. The van der Waals surface area contributed by atoms with E-state index in [4.69, 9.17) is 11.5 Å². The summed E-state index contributed by atoms with van der Waals surface area (Å²) in [7, 11) is 1.92. The number of benzene rings is 2. The molecule has 2 aromatic carbocycles. The number of rotatable bonds is 3. The number of primary amides is 1. The summed E-state index contributed by atoms with van der Waals surface area (Å²) in [6, 6.07) is 14.8. The molecule has 0 unspecified atom stereocenters. The first-order valence-corrected chi connectivity index (χ1v) is 12.8. The summed E-state index contributed by atoms with van der Waals surface area (Å²) in [4.78, 5) is 11.0. The van der Waals surface area contributed by atoms with Crippen LogP contribution in [0.5, 0.6) is 0 Å². The SMILES string of the molecule is CCc1cc2nncc(C#Cc3cnn(C)c3C)c2cc1-c1ccccc1.NC(=O)c1c(N)nn2c1NCC=C2. The number of carbonyl (C=O) groups excluding carboxylic acids is 1. The maximum Gasteiger partial charge on any atom is 0.256 e. The summed E-state index contributed by atoms with van der Waals surface area (Å²) >= 11 is 0. The fraction of sp³-hybridized carbons (Fsp3) is 0.167. The minimum atomic E-state index is -0.568. The fourth-order valence-corrected chi connectivity index (χ4v) is 4.46. The molecular weight excluding hydrogens is 502 g/mol. The van der Waals surface area contributed by atoms with Crippen molar-refractivity contribution in [2.24, 2.45) is 12.8 Å². The van der Waals surface area contributed by atoms with Crippen LogP contribution in [0.3, 0.4) is 0 Å². The Morgan fingerprint density at radius 3 is 2.60 bits per heavy atom. The highest BCUT2D eigenvalue weighted by molar-refractivity contribution is 6.02. The summed E-state index contributed by atoms with van der Waals surface area (Å²) in [6.07, 6.45) is 8.07. The molecule has 200 valence electrons. The largest absolute Gasteiger partial charge is 0.381 e. The summed E-state index contributed by atoms with van der Waals surface area (Å²) in [6.45, 7) is 4.82. The van der Waals surface area contributed by atoms with E-state index in [9.17, 15) is 4.79 Å². The molecule has 1 aliphatic heterocycles. The van der Waals surface area contributed by atoms with Gasteiger partial charge in [-0.2, -0.15) is 15.3 Å². The van der Waals surface area contributed by atoms with Crippen molar-refractivity contribution in [1.82, 2.24) is 29.8 Å². The van der Waals surface area contributed by atoms with E-state index in [1.54, 1.807) is 18.6 Å². The first-order valence-electron chi connectivity index (χ1n) is 12.8. The molecule has 6 rings (SSSR count). The number of nitrogens with two attached hydrogens (primary N) is 2. The monoisotopic (exact) mass is 531 g/mol. The quantitative estimate of drug-likeness (QED) is 0.301. The Morgan fingerprint density at radius 1 is 1.12 bits per heavy atom. The predicted octanol–water partition coefficient (Wildman–Crippen LogP) is 3.76. The van der Waals surface area contributed by atoms with E-state index in [1.165, 1.54) is 21.4 Å². The van der Waals surface area contributed by atoms with Crippen LogP contribution in [0.15, 0.2) is 60.9 Å². The number of fused-ring (bicyclic) bond motifs is 2. The van der Waals surface area contributed by atoms with Crippen LogP contribution >= 0.6 is 0 Å². The third kappa shape index (κ3) is 5.13. The van der Waals surface area contributed by atoms with Crippen molar-refractivity contribution in [1.29, 1.82) is 0 Å². The highest BCUT2D eigenvalue weighted by Gasteiger charge is 2.20. The zero-order valence-corrected chi connectivity index (χ0v) is 22.5. The van der Waals surface area contributed by atoms with Gasteiger partial charge in [0.05, 0.1) is 34.7 Å². The van der Waals surface area contributed by atoms with Gasteiger partial charge in [0.2, 0.25) is 0 Å². The molecule has 5 N–H and O–H groups in total. The van der Waals surface area contributed by atoms with Crippen molar-refractivity contribution in [2.45, 2.75) is 20.3 Å². The molecule has 0 saturated heterocycles. The third-order valence-corrected chi connectivity index (χ3v) is 6.71. The zero-order chi connectivity index (χ0) is 28.2. The van der Waals surface area contributed by atoms with Gasteiger partial charge in [-0.05, 0) is 48.2 Å². The second kappa shape index (κ2) is 11.1. The fourth-order valence-electron chi connectivity index (χ4n) is 4.46. The number of aryl methyl sites for hydroxylation is 2. The second-order valence-electron chi connectivity index (χ2n) is 9.20. The molecule has 40 heavy (non-hydrogen) atoms. The molecule has 10 nitrogen and oxygen atoms in total. The topological polar surface area (TPSA) is 143 Å². The molecule has 0 aliphatic carbocycles. The lowest BCUT2D eigenvalue weighted by Gasteiger charge is -2.10. The number of amides is 1. The minimum absolute atomic E-state index is 0.154. The van der Waals surface area contributed by atoms with Crippen molar-refractivity contribution in [2.75, 3.05) is 17.6 Å². The first kappa shape index (κ1) is 26.2. The Kier molecular flexibility index (Phi) is 7.29. The van der Waals surface area contributed by atoms with Crippen LogP contribution in [0.25, 0.3) is 28.2 Å². The van der Waals surface area contributed by atoms with Crippen LogP contribution in [0.4, 0.5) is 11.6 Å². The third-order valence-electron chi connectivity index (χ3n) is 6.71. The van der Waals surface area contributed by atoms with Crippen LogP contribution in [-0.4, -0.2) is 42.2 Å². The van der Waals surface area contributed by atoms with E-state index in [2.05, 4.69) is 80.9 Å². The summed E-state index contributed by atoms with van der Waals surface area (Å²) in [5.41, 5.74) is 18.3. The van der Waals surface area contributed by atoms with Crippen LogP contribution in [0.2, 0.25) is 0 Å². The molecule has 0 atom stereocenters. The van der Waals surface area contributed by atoms with E-state index in [0.717, 1.165) is 34.1 Å². The summed E-state index contributed by atoms with van der Waals surface area (Å²) < 4.78 is 3.33. The number of hydrogen-bond donors (Lipinski definition) is 3. The standard InChI is InChI=1S/C23H20N4.C7H9N5O/c1-4-17-12-23-22(13-21(17)18-8-6-5-7-9-18)20(14-24-26-23)11-10-19-15-25-27(3)16(19)2;8-5-4(6(9)13)7-10-2-1-3-12(7)11-5/h5-9,12-15H,4H2,1-3H3;1,3,10H,2H2,(H2,8,11)(H2,9,13). The molecule has 0 saturated carbocycles. The van der Waals surface area contributed by atoms with Crippen LogP contribution in [0, 0.1) is 18.8 Å². The van der Waals surface area contributed by atoms with E-state index in [0.29, 0.717) is 12.4 Å². The van der Waals surface area contributed by atoms with Gasteiger partial charge in [0.15, 0.2) is 5.82 Å². The Labute approximate surface area is 231 Å². The Morgan fingerprint density at radius 2 is 1.90 bits per heavy atom. The second-order valence-corrected chi connectivity index (χ2v) is 9.20. The number of nitrogens with zero attached hydrogens (tertiary/aromatic N) is 6. The van der Waals surface area contributed by atoms with Crippen molar-refractivity contribution in [3.05, 3.63) is 88.9 Å². The maximum absolute atomic E-state index is 11.0. The molecule has 1 aliphatic rings. The molecule has 1 amide bonds. The highest BCUT2D eigenvalue weighted by Crippen LogP contribution is 2.29. The Bertz CT molecular complexity index is 1800. The molecular formula is C30H29N9O. The number of nitrogen functional groups attached to an aromatic ring is 1. The maximum atomic E-state index is 11.0. The van der Waals surface area contributed by atoms with Gasteiger partial charge in [-0.1, -0.05) is 49.1 Å². The molecule has 4 heterocycles. The van der Waals surface area contributed by atoms with Gasteiger partial charge in [0.25, 0.3) is 5.91 Å². The van der Waals surface area contributed by atoms with E-state index in [1.807, 2.05) is 30.8 Å². The Hall–Kier alpha value is -5.43. The van der Waals surface area contributed by atoms with Gasteiger partial charge in [-0.15, -0.1) is 5.10 Å².